The van der Waals surface area contributed by atoms with Gasteiger partial charge in [-0.2, -0.15) is 17.0 Å². The van der Waals surface area contributed by atoms with Gasteiger partial charge in [0.25, 0.3) is 0 Å². The van der Waals surface area contributed by atoms with Crippen molar-refractivity contribution in [2.24, 2.45) is 5.92 Å². The number of rotatable bonds is 5. The number of nitriles is 1. The largest absolute Gasteiger partial charge is 0.371 e. The van der Waals surface area contributed by atoms with E-state index in [9.17, 15) is 4.79 Å². The van der Waals surface area contributed by atoms with Crippen molar-refractivity contribution in [1.29, 1.82) is 5.26 Å². The van der Waals surface area contributed by atoms with Crippen LogP contribution < -0.4 is 10.2 Å². The number of nitrogens with zero attached hydrogens (tertiary/aromatic N) is 2. The zero-order valence-electron chi connectivity index (χ0n) is 13.2. The highest BCUT2D eigenvalue weighted by Gasteiger charge is 2.22. The fourth-order valence-corrected chi connectivity index (χ4v) is 3.35. The molecule has 1 atom stereocenters. The van der Waals surface area contributed by atoms with E-state index in [4.69, 9.17) is 5.26 Å². The first-order valence-electron chi connectivity index (χ1n) is 7.68. The molecule has 1 amide bonds. The first-order valence-corrected chi connectivity index (χ1v) is 9.08. The van der Waals surface area contributed by atoms with Crippen LogP contribution in [0.1, 0.15) is 25.3 Å². The molecule has 4 nitrogen and oxygen atoms in total. The number of hydrogen-bond acceptors (Lipinski definition) is 4. The molecule has 0 unspecified atom stereocenters. The number of hydrogen-bond donors (Lipinski definition) is 1. The second-order valence-electron chi connectivity index (χ2n) is 5.78. The Morgan fingerprint density at radius 2 is 2.05 bits per heavy atom. The summed E-state index contributed by atoms with van der Waals surface area (Å²) < 4.78 is 0. The Labute approximate surface area is 136 Å². The molecule has 5 heteroatoms. The lowest BCUT2D eigenvalue weighted by Gasteiger charge is -2.34. The van der Waals surface area contributed by atoms with E-state index in [-0.39, 0.29) is 17.9 Å². The summed E-state index contributed by atoms with van der Waals surface area (Å²) in [5.74, 6) is 1.12. The van der Waals surface area contributed by atoms with Gasteiger partial charge in [0.1, 0.15) is 0 Å². The van der Waals surface area contributed by atoms with Crippen molar-refractivity contribution < 1.29 is 4.79 Å². The van der Waals surface area contributed by atoms with Crippen molar-refractivity contribution in [2.45, 2.75) is 25.8 Å². The smallest absolute Gasteiger partial charge is 0.223 e. The van der Waals surface area contributed by atoms with Crippen LogP contribution in [-0.4, -0.2) is 37.0 Å². The summed E-state index contributed by atoms with van der Waals surface area (Å²) in [6.07, 6.45) is 3.97. The summed E-state index contributed by atoms with van der Waals surface area (Å²) in [6.45, 7) is 3.86. The van der Waals surface area contributed by atoms with Gasteiger partial charge in [-0.3, -0.25) is 4.79 Å². The summed E-state index contributed by atoms with van der Waals surface area (Å²) in [4.78, 5) is 14.4. The quantitative estimate of drug-likeness (QED) is 0.907. The highest BCUT2D eigenvalue weighted by molar-refractivity contribution is 7.98. The maximum absolute atomic E-state index is 12.1. The number of anilines is 1. The van der Waals surface area contributed by atoms with Crippen molar-refractivity contribution in [1.82, 2.24) is 5.32 Å². The zero-order valence-corrected chi connectivity index (χ0v) is 14.0. The van der Waals surface area contributed by atoms with Gasteiger partial charge in [0.05, 0.1) is 11.6 Å². The number of carbonyl (C=O) groups excluding carboxylic acids is 1. The minimum atomic E-state index is 0.0755. The van der Waals surface area contributed by atoms with Gasteiger partial charge in [0.2, 0.25) is 5.91 Å². The van der Waals surface area contributed by atoms with Gasteiger partial charge in [-0.15, -0.1) is 0 Å². The minimum absolute atomic E-state index is 0.0755. The lowest BCUT2D eigenvalue weighted by atomic mass is 10.0. The van der Waals surface area contributed by atoms with Crippen molar-refractivity contribution in [2.75, 3.05) is 30.0 Å². The number of nitrogens with one attached hydrogen (secondary N) is 1. The van der Waals surface area contributed by atoms with E-state index in [1.54, 1.807) is 11.8 Å². The summed E-state index contributed by atoms with van der Waals surface area (Å²) in [5, 5.41) is 12.0. The molecule has 0 aliphatic carbocycles. The molecule has 1 N–H and O–H groups in total. The molecular formula is C17H23N3OS. The summed E-state index contributed by atoms with van der Waals surface area (Å²) >= 11 is 1.71. The molecular weight excluding hydrogens is 294 g/mol. The van der Waals surface area contributed by atoms with Crippen molar-refractivity contribution in [3.05, 3.63) is 29.8 Å². The molecule has 22 heavy (non-hydrogen) atoms. The molecule has 2 rings (SSSR count). The fourth-order valence-electron chi connectivity index (χ4n) is 2.70. The topological polar surface area (TPSA) is 56.1 Å². The van der Waals surface area contributed by atoms with Crippen LogP contribution in [0.4, 0.5) is 5.69 Å². The predicted octanol–water partition coefficient (Wildman–Crippen LogP) is 2.64. The van der Waals surface area contributed by atoms with E-state index in [1.165, 1.54) is 0 Å². The minimum Gasteiger partial charge on any atom is -0.371 e. The highest BCUT2D eigenvalue weighted by atomic mass is 32.2. The van der Waals surface area contributed by atoms with Crippen LogP contribution in [0.2, 0.25) is 0 Å². The third kappa shape index (κ3) is 4.41. The predicted molar refractivity (Wildman–Crippen MR) is 92.1 cm³/mol. The number of piperidine rings is 1. The first-order chi connectivity index (χ1) is 10.6. The zero-order chi connectivity index (χ0) is 15.9. The molecule has 0 spiro atoms. The van der Waals surface area contributed by atoms with Crippen molar-refractivity contribution in [3.8, 4) is 6.07 Å². The lowest BCUT2D eigenvalue weighted by Crippen LogP contribution is -2.46. The van der Waals surface area contributed by atoms with E-state index in [0.717, 1.165) is 37.4 Å². The average molecular weight is 317 g/mol. The van der Waals surface area contributed by atoms with Gasteiger partial charge in [0.15, 0.2) is 0 Å². The molecule has 1 aromatic rings. The Kier molecular flexibility index (Phi) is 6.14. The third-order valence-corrected chi connectivity index (χ3v) is 4.90. The lowest BCUT2D eigenvalue weighted by molar-refractivity contribution is -0.124. The molecule has 1 aliphatic rings. The molecule has 1 saturated heterocycles. The highest BCUT2D eigenvalue weighted by Crippen LogP contribution is 2.20. The van der Waals surface area contributed by atoms with Gasteiger partial charge in [-0.05, 0) is 43.4 Å². The summed E-state index contributed by atoms with van der Waals surface area (Å²) in [6, 6.07) is 10.1. The maximum atomic E-state index is 12.1. The third-order valence-electron chi connectivity index (χ3n) is 4.07. The molecule has 1 aromatic carbocycles. The van der Waals surface area contributed by atoms with Crippen LogP contribution in [0.25, 0.3) is 0 Å². The van der Waals surface area contributed by atoms with Gasteiger partial charge in [0, 0.05) is 36.5 Å². The standard InChI is InChI=1S/C17H23N3OS/c1-13(12-22-2)17(21)19-15-7-9-20(10-8-15)16-5-3-14(11-18)4-6-16/h3-6,13,15H,7-10,12H2,1-2H3,(H,19,21)/t13-/m0/s1. The number of amides is 1. The SMILES string of the molecule is CSC[C@H](C)C(=O)NC1CCN(c2ccc(C#N)cc2)CC1. The van der Waals surface area contributed by atoms with E-state index in [0.29, 0.717) is 5.56 Å². The van der Waals surface area contributed by atoms with Gasteiger partial charge >= 0.3 is 0 Å². The average Bonchev–Trinajstić information content (AvgIpc) is 2.56. The van der Waals surface area contributed by atoms with Crippen molar-refractivity contribution in [3.63, 3.8) is 0 Å². The van der Waals surface area contributed by atoms with E-state index in [2.05, 4.69) is 16.3 Å². The van der Waals surface area contributed by atoms with Crippen LogP contribution in [0, 0.1) is 17.2 Å². The Hall–Kier alpha value is -1.67. The number of thioether (sulfide) groups is 1. The second kappa shape index (κ2) is 8.09. The number of benzene rings is 1. The van der Waals surface area contributed by atoms with E-state index >= 15 is 0 Å². The van der Waals surface area contributed by atoms with Gasteiger partial charge < -0.3 is 10.2 Å². The molecule has 0 bridgehead atoms. The van der Waals surface area contributed by atoms with E-state index < -0.39 is 0 Å². The van der Waals surface area contributed by atoms with Crippen LogP contribution in [-0.2, 0) is 4.79 Å². The van der Waals surface area contributed by atoms with Crippen LogP contribution in [0.3, 0.4) is 0 Å². The van der Waals surface area contributed by atoms with Crippen molar-refractivity contribution >= 4 is 23.4 Å². The van der Waals surface area contributed by atoms with Crippen LogP contribution in [0.15, 0.2) is 24.3 Å². The first kappa shape index (κ1) is 16.7. The van der Waals surface area contributed by atoms with Gasteiger partial charge in [-0.1, -0.05) is 6.92 Å². The Bertz CT molecular complexity index is 530. The van der Waals surface area contributed by atoms with Gasteiger partial charge in [-0.25, -0.2) is 0 Å². The summed E-state index contributed by atoms with van der Waals surface area (Å²) in [7, 11) is 0. The molecule has 0 radical (unpaired) electrons. The second-order valence-corrected chi connectivity index (χ2v) is 6.70. The molecule has 1 fully saturated rings. The Balaban J connectivity index is 1.82. The monoisotopic (exact) mass is 317 g/mol. The molecule has 0 aromatic heterocycles. The normalized spacial score (nSPS) is 16.9. The van der Waals surface area contributed by atoms with E-state index in [1.807, 2.05) is 37.4 Å². The Morgan fingerprint density at radius 3 is 2.59 bits per heavy atom. The molecule has 1 heterocycles. The number of carbonyl (C=O) groups is 1. The maximum Gasteiger partial charge on any atom is 0.223 e. The van der Waals surface area contributed by atoms with Crippen LogP contribution in [0.5, 0.6) is 0 Å². The van der Waals surface area contributed by atoms with Crippen LogP contribution >= 0.6 is 11.8 Å². The fraction of sp³-hybridized carbons (Fsp3) is 0.529. The molecule has 1 aliphatic heterocycles. The Morgan fingerprint density at radius 1 is 1.41 bits per heavy atom. The summed E-state index contributed by atoms with van der Waals surface area (Å²) in [5.41, 5.74) is 1.84. The molecule has 0 saturated carbocycles. The molecule has 118 valence electrons.